The third-order valence-corrected chi connectivity index (χ3v) is 4.21. The van der Waals surface area contributed by atoms with Crippen LogP contribution in [0.2, 0.25) is 0 Å². The van der Waals surface area contributed by atoms with Gasteiger partial charge in [0.25, 0.3) is 0 Å². The molecule has 102 valence electrons. The number of rotatable bonds is 4. The lowest BCUT2D eigenvalue weighted by Crippen LogP contribution is -2.53. The van der Waals surface area contributed by atoms with E-state index >= 15 is 0 Å². The van der Waals surface area contributed by atoms with Crippen LogP contribution < -0.4 is 5.76 Å². The zero-order chi connectivity index (χ0) is 13.5. The maximum Gasteiger partial charge on any atom is 0.417 e. The Hall–Kier alpha value is -1.59. The average Bonchev–Trinajstić information content (AvgIpc) is 2.72. The number of aliphatic hydroxyl groups is 1. The molecule has 1 aliphatic heterocycles. The Kier molecular flexibility index (Phi) is 2.95. The van der Waals surface area contributed by atoms with E-state index < -0.39 is 5.76 Å². The van der Waals surface area contributed by atoms with E-state index in [1.165, 1.54) is 0 Å². The fourth-order valence-corrected chi connectivity index (χ4v) is 2.92. The van der Waals surface area contributed by atoms with Gasteiger partial charge in [-0.1, -0.05) is 19.4 Å². The number of aromatic amines is 1. The fraction of sp³-hybridized carbons (Fsp3) is 0.500. The molecule has 0 spiro atoms. The molecular formula is C14H17NO4. The van der Waals surface area contributed by atoms with Crippen molar-refractivity contribution in [3.63, 3.8) is 0 Å². The summed E-state index contributed by atoms with van der Waals surface area (Å²) in [6.07, 6.45) is 0.889. The highest BCUT2D eigenvalue weighted by molar-refractivity contribution is 5.73. The Labute approximate surface area is 110 Å². The van der Waals surface area contributed by atoms with E-state index in [2.05, 4.69) is 11.9 Å². The molecule has 1 aliphatic rings. The van der Waals surface area contributed by atoms with Crippen molar-refractivity contribution >= 4 is 11.1 Å². The number of hydrogen-bond acceptors (Lipinski definition) is 4. The molecule has 1 aromatic heterocycles. The number of nitrogens with one attached hydrogen (secondary N) is 1. The van der Waals surface area contributed by atoms with Crippen molar-refractivity contribution in [2.45, 2.75) is 18.8 Å². The maximum absolute atomic E-state index is 11.2. The van der Waals surface area contributed by atoms with Crippen LogP contribution in [0.25, 0.3) is 11.1 Å². The minimum atomic E-state index is -0.444. The molecule has 1 atom stereocenters. The lowest BCUT2D eigenvalue weighted by atomic mass is 9.68. The molecule has 5 nitrogen and oxygen atoms in total. The molecule has 0 aliphatic carbocycles. The minimum absolute atomic E-state index is 0.139. The van der Waals surface area contributed by atoms with Crippen molar-refractivity contribution in [1.29, 1.82) is 0 Å². The Morgan fingerprint density at radius 3 is 2.84 bits per heavy atom. The van der Waals surface area contributed by atoms with Gasteiger partial charge in [-0.2, -0.15) is 0 Å². The van der Waals surface area contributed by atoms with Gasteiger partial charge in [0.05, 0.1) is 18.7 Å². The van der Waals surface area contributed by atoms with Gasteiger partial charge in [0.2, 0.25) is 0 Å². The summed E-state index contributed by atoms with van der Waals surface area (Å²) in [5.41, 5.74) is 2.19. The molecule has 0 bridgehead atoms. The number of aliphatic hydroxyl groups excluding tert-OH is 1. The number of ether oxygens (including phenoxy) is 1. The van der Waals surface area contributed by atoms with Crippen LogP contribution in [0.5, 0.6) is 0 Å². The zero-order valence-corrected chi connectivity index (χ0v) is 10.8. The van der Waals surface area contributed by atoms with Crippen LogP contribution in [0.1, 0.15) is 18.9 Å². The average molecular weight is 263 g/mol. The van der Waals surface area contributed by atoms with Gasteiger partial charge < -0.3 is 14.3 Å². The highest BCUT2D eigenvalue weighted by atomic mass is 16.5. The first-order valence-corrected chi connectivity index (χ1v) is 6.51. The van der Waals surface area contributed by atoms with E-state index in [-0.39, 0.29) is 17.9 Å². The quantitative estimate of drug-likeness (QED) is 0.874. The highest BCUT2D eigenvalue weighted by Crippen LogP contribution is 2.41. The van der Waals surface area contributed by atoms with Crippen molar-refractivity contribution in [3.05, 3.63) is 34.3 Å². The Balaban J connectivity index is 2.08. The summed E-state index contributed by atoms with van der Waals surface area (Å²) in [6.45, 7) is 3.43. The van der Waals surface area contributed by atoms with E-state index in [1.54, 1.807) is 6.07 Å². The van der Waals surface area contributed by atoms with Gasteiger partial charge in [-0.3, -0.25) is 4.98 Å². The fourth-order valence-electron chi connectivity index (χ4n) is 2.92. The van der Waals surface area contributed by atoms with E-state index in [0.717, 1.165) is 12.0 Å². The smallest absolute Gasteiger partial charge is 0.408 e. The van der Waals surface area contributed by atoms with Gasteiger partial charge in [0.1, 0.15) is 0 Å². The van der Waals surface area contributed by atoms with Gasteiger partial charge in [-0.05, 0) is 23.6 Å². The van der Waals surface area contributed by atoms with Crippen molar-refractivity contribution in [1.82, 2.24) is 4.98 Å². The van der Waals surface area contributed by atoms with Crippen LogP contribution in [0, 0.1) is 5.92 Å². The molecule has 19 heavy (non-hydrogen) atoms. The molecule has 0 radical (unpaired) electrons. The largest absolute Gasteiger partial charge is 0.417 e. The van der Waals surface area contributed by atoms with E-state index in [0.29, 0.717) is 24.3 Å². The van der Waals surface area contributed by atoms with E-state index in [4.69, 9.17) is 9.15 Å². The van der Waals surface area contributed by atoms with E-state index in [1.807, 2.05) is 12.1 Å². The topological polar surface area (TPSA) is 75.5 Å². The molecule has 3 rings (SSSR count). The first-order valence-electron chi connectivity index (χ1n) is 6.51. The number of oxazole rings is 1. The second-order valence-corrected chi connectivity index (χ2v) is 5.16. The van der Waals surface area contributed by atoms with Crippen LogP contribution >= 0.6 is 0 Å². The normalized spacial score (nSPS) is 19.3. The molecule has 1 saturated heterocycles. The summed E-state index contributed by atoms with van der Waals surface area (Å²) in [5.74, 6) is -0.280. The molecule has 2 aromatic rings. The minimum Gasteiger partial charge on any atom is -0.408 e. The summed E-state index contributed by atoms with van der Waals surface area (Å²) >= 11 is 0. The SMILES string of the molecule is CCC(CO)C1(c2ccc3oc(=O)[nH]c3c2)COC1. The van der Waals surface area contributed by atoms with Crippen LogP contribution in [0.4, 0.5) is 0 Å². The molecular weight excluding hydrogens is 246 g/mol. The summed E-state index contributed by atoms with van der Waals surface area (Å²) in [6, 6.07) is 5.69. The third-order valence-electron chi connectivity index (χ3n) is 4.21. The maximum atomic E-state index is 11.2. The Morgan fingerprint density at radius 1 is 1.47 bits per heavy atom. The number of aromatic nitrogens is 1. The van der Waals surface area contributed by atoms with Gasteiger partial charge in [-0.15, -0.1) is 0 Å². The molecule has 1 aromatic carbocycles. The first-order chi connectivity index (χ1) is 9.19. The number of benzene rings is 1. The molecule has 5 heteroatoms. The lowest BCUT2D eigenvalue weighted by Gasteiger charge is -2.47. The lowest BCUT2D eigenvalue weighted by molar-refractivity contribution is -0.101. The third kappa shape index (κ3) is 1.81. The van der Waals surface area contributed by atoms with E-state index in [9.17, 15) is 9.90 Å². The van der Waals surface area contributed by atoms with Gasteiger partial charge >= 0.3 is 5.76 Å². The molecule has 2 N–H and O–H groups in total. The van der Waals surface area contributed by atoms with Crippen LogP contribution in [-0.4, -0.2) is 29.9 Å². The monoisotopic (exact) mass is 263 g/mol. The Bertz CT molecular complexity index is 634. The molecule has 2 heterocycles. The standard InChI is InChI=1S/C14H17NO4/c1-2-9(6-16)14(7-18-8-14)10-3-4-12-11(5-10)15-13(17)19-12/h3-5,9,16H,2,6-8H2,1H3,(H,15,17). The Morgan fingerprint density at radius 2 is 2.26 bits per heavy atom. The predicted molar refractivity (Wildman–Crippen MR) is 70.2 cm³/mol. The van der Waals surface area contributed by atoms with Crippen LogP contribution in [-0.2, 0) is 10.2 Å². The second-order valence-electron chi connectivity index (χ2n) is 5.16. The van der Waals surface area contributed by atoms with Gasteiger partial charge in [0, 0.05) is 12.0 Å². The number of fused-ring (bicyclic) bond motifs is 1. The molecule has 1 unspecified atom stereocenters. The summed E-state index contributed by atoms with van der Waals surface area (Å²) < 4.78 is 10.4. The van der Waals surface area contributed by atoms with Crippen molar-refractivity contribution in [2.75, 3.05) is 19.8 Å². The summed E-state index contributed by atoms with van der Waals surface area (Å²) in [7, 11) is 0. The second kappa shape index (κ2) is 4.51. The zero-order valence-electron chi connectivity index (χ0n) is 10.8. The van der Waals surface area contributed by atoms with Crippen molar-refractivity contribution in [2.24, 2.45) is 5.92 Å². The van der Waals surface area contributed by atoms with Crippen LogP contribution in [0.15, 0.2) is 27.4 Å². The summed E-state index contributed by atoms with van der Waals surface area (Å²) in [5, 5.41) is 9.57. The first kappa shape index (κ1) is 12.4. The molecule has 0 amide bonds. The summed E-state index contributed by atoms with van der Waals surface area (Å²) in [4.78, 5) is 13.9. The molecule has 0 saturated carbocycles. The number of H-pyrrole nitrogens is 1. The molecule has 1 fully saturated rings. The van der Waals surface area contributed by atoms with Gasteiger partial charge in [-0.25, -0.2) is 4.79 Å². The number of hydrogen-bond donors (Lipinski definition) is 2. The van der Waals surface area contributed by atoms with Crippen LogP contribution in [0.3, 0.4) is 0 Å². The highest BCUT2D eigenvalue weighted by Gasteiger charge is 2.46. The van der Waals surface area contributed by atoms with Crippen molar-refractivity contribution < 1.29 is 14.3 Å². The predicted octanol–water partition coefficient (Wildman–Crippen LogP) is 1.41. The van der Waals surface area contributed by atoms with Crippen molar-refractivity contribution in [3.8, 4) is 0 Å². The van der Waals surface area contributed by atoms with Gasteiger partial charge in [0.15, 0.2) is 5.58 Å².